The largest absolute Gasteiger partial charge is 0.303 e. The number of benzene rings is 2. The first kappa shape index (κ1) is 20.8. The quantitative estimate of drug-likeness (QED) is 0.369. The van der Waals surface area contributed by atoms with E-state index in [4.69, 9.17) is 0 Å². The summed E-state index contributed by atoms with van der Waals surface area (Å²) in [4.78, 5) is 14.9. The zero-order valence-electron chi connectivity index (χ0n) is 17.2. The van der Waals surface area contributed by atoms with Crippen LogP contribution in [0, 0.1) is 0 Å². The van der Waals surface area contributed by atoms with Gasteiger partial charge in [-0.3, -0.25) is 4.79 Å². The predicted octanol–water partition coefficient (Wildman–Crippen LogP) is 6.09. The molecule has 3 rings (SSSR count). The van der Waals surface area contributed by atoms with Crippen molar-refractivity contribution in [2.45, 2.75) is 64.2 Å². The molecule has 0 bridgehead atoms. The minimum atomic E-state index is 0.270. The highest BCUT2D eigenvalue weighted by Gasteiger charge is 2.10. The van der Waals surface area contributed by atoms with Crippen molar-refractivity contribution in [1.82, 2.24) is 4.90 Å². The minimum absolute atomic E-state index is 0.270. The van der Waals surface area contributed by atoms with Gasteiger partial charge < -0.3 is 4.90 Å². The van der Waals surface area contributed by atoms with E-state index in [1.807, 2.05) is 30.3 Å². The number of hydrogen-bond donors (Lipinski definition) is 0. The molecule has 0 amide bonds. The third kappa shape index (κ3) is 6.91. The highest BCUT2D eigenvalue weighted by Crippen LogP contribution is 2.17. The Bertz CT molecular complexity index is 701. The Hall–Kier alpha value is -1.93. The van der Waals surface area contributed by atoms with Gasteiger partial charge in [-0.25, -0.2) is 0 Å². The van der Waals surface area contributed by atoms with Gasteiger partial charge in [-0.15, -0.1) is 0 Å². The molecule has 1 heterocycles. The lowest BCUT2D eigenvalue weighted by Crippen LogP contribution is -2.26. The number of Topliss-reactive ketones (excluding diaryl/α,β-unsaturated/α-hetero) is 1. The van der Waals surface area contributed by atoms with Crippen molar-refractivity contribution in [1.29, 1.82) is 0 Å². The Labute approximate surface area is 171 Å². The van der Waals surface area contributed by atoms with Gasteiger partial charge >= 0.3 is 0 Å². The lowest BCUT2D eigenvalue weighted by molar-refractivity contribution is 0.0979. The van der Waals surface area contributed by atoms with Crippen LogP contribution >= 0.6 is 0 Å². The van der Waals surface area contributed by atoms with Gasteiger partial charge in [0.2, 0.25) is 0 Å². The molecule has 1 fully saturated rings. The maximum Gasteiger partial charge on any atom is 0.162 e. The van der Waals surface area contributed by atoms with Crippen LogP contribution in [0.1, 0.15) is 72.9 Å². The highest BCUT2D eigenvalue weighted by molar-refractivity contribution is 5.95. The maximum absolute atomic E-state index is 12.2. The standard InChI is InChI=1S/C26H35NO/c28-26(25-16-4-3-5-17-25)19-9-8-15-23-13-6-7-14-24(23)18-12-22-27-20-10-1-2-11-21-27/h3-7,13-14,16-17H,1-2,8-12,15,18-22H2. The summed E-state index contributed by atoms with van der Waals surface area (Å²) < 4.78 is 0. The first-order chi connectivity index (χ1) is 13.8. The third-order valence-corrected chi connectivity index (χ3v) is 5.93. The van der Waals surface area contributed by atoms with Gasteiger partial charge in [-0.05, 0) is 75.7 Å². The van der Waals surface area contributed by atoms with E-state index in [9.17, 15) is 4.79 Å². The number of hydrogen-bond acceptors (Lipinski definition) is 2. The average molecular weight is 378 g/mol. The molecule has 0 saturated carbocycles. The Morgan fingerprint density at radius 1 is 0.714 bits per heavy atom. The molecule has 2 aromatic carbocycles. The molecule has 0 radical (unpaired) electrons. The van der Waals surface area contributed by atoms with E-state index < -0.39 is 0 Å². The summed E-state index contributed by atoms with van der Waals surface area (Å²) in [5, 5.41) is 0. The number of ketones is 1. The van der Waals surface area contributed by atoms with E-state index in [2.05, 4.69) is 29.2 Å². The van der Waals surface area contributed by atoms with Gasteiger partial charge in [-0.2, -0.15) is 0 Å². The first-order valence-corrected chi connectivity index (χ1v) is 11.2. The molecule has 0 unspecified atom stereocenters. The van der Waals surface area contributed by atoms with Crippen LogP contribution in [-0.2, 0) is 12.8 Å². The summed E-state index contributed by atoms with van der Waals surface area (Å²) in [6.07, 6.45) is 11.8. The Kier molecular flexibility index (Phi) is 8.77. The number of unbranched alkanes of at least 4 members (excludes halogenated alkanes) is 1. The van der Waals surface area contributed by atoms with Gasteiger partial charge in [0.05, 0.1) is 0 Å². The molecule has 0 aromatic heterocycles. The summed E-state index contributed by atoms with van der Waals surface area (Å²) in [5.74, 6) is 0.270. The minimum Gasteiger partial charge on any atom is -0.303 e. The van der Waals surface area contributed by atoms with Crippen molar-refractivity contribution in [3.63, 3.8) is 0 Å². The molecular formula is C26H35NO. The molecule has 28 heavy (non-hydrogen) atoms. The zero-order valence-corrected chi connectivity index (χ0v) is 17.2. The van der Waals surface area contributed by atoms with Gasteiger partial charge in [0.1, 0.15) is 0 Å². The predicted molar refractivity (Wildman–Crippen MR) is 118 cm³/mol. The molecule has 2 nitrogen and oxygen atoms in total. The number of nitrogens with zero attached hydrogens (tertiary/aromatic N) is 1. The number of carbonyl (C=O) groups is 1. The molecule has 0 atom stereocenters. The molecule has 0 aliphatic carbocycles. The monoisotopic (exact) mass is 377 g/mol. The maximum atomic E-state index is 12.2. The van der Waals surface area contributed by atoms with Crippen molar-refractivity contribution in [3.05, 3.63) is 71.3 Å². The Morgan fingerprint density at radius 2 is 1.32 bits per heavy atom. The van der Waals surface area contributed by atoms with Crippen molar-refractivity contribution >= 4 is 5.78 Å². The summed E-state index contributed by atoms with van der Waals surface area (Å²) >= 11 is 0. The van der Waals surface area contributed by atoms with Crippen LogP contribution in [0.4, 0.5) is 0 Å². The third-order valence-electron chi connectivity index (χ3n) is 5.93. The van der Waals surface area contributed by atoms with E-state index in [1.54, 1.807) is 0 Å². The fraction of sp³-hybridized carbons (Fsp3) is 0.500. The van der Waals surface area contributed by atoms with E-state index in [0.29, 0.717) is 6.42 Å². The molecule has 1 aliphatic rings. The van der Waals surface area contributed by atoms with Crippen LogP contribution in [0.3, 0.4) is 0 Å². The fourth-order valence-corrected chi connectivity index (χ4v) is 4.27. The first-order valence-electron chi connectivity index (χ1n) is 11.2. The summed E-state index contributed by atoms with van der Waals surface area (Å²) in [6.45, 7) is 3.81. The SMILES string of the molecule is O=C(CCCCc1ccccc1CCCN1CCCCCC1)c1ccccc1. The number of likely N-dealkylation sites (tertiary alicyclic amines) is 1. The highest BCUT2D eigenvalue weighted by atomic mass is 16.1. The topological polar surface area (TPSA) is 20.3 Å². The summed E-state index contributed by atoms with van der Waals surface area (Å²) in [6, 6.07) is 18.6. The fourth-order valence-electron chi connectivity index (χ4n) is 4.27. The van der Waals surface area contributed by atoms with Crippen LogP contribution in [0.25, 0.3) is 0 Å². The second kappa shape index (κ2) is 11.8. The number of rotatable bonds is 10. The zero-order chi connectivity index (χ0) is 19.4. The molecule has 1 aliphatic heterocycles. The number of carbonyl (C=O) groups excluding carboxylic acids is 1. The van der Waals surface area contributed by atoms with E-state index >= 15 is 0 Å². The van der Waals surface area contributed by atoms with Crippen molar-refractivity contribution in [2.24, 2.45) is 0 Å². The molecule has 2 heteroatoms. The molecule has 0 spiro atoms. The normalized spacial score (nSPS) is 15.3. The second-order valence-corrected chi connectivity index (χ2v) is 8.12. The molecule has 150 valence electrons. The average Bonchev–Trinajstić information content (AvgIpc) is 3.01. The van der Waals surface area contributed by atoms with Crippen molar-refractivity contribution in [2.75, 3.05) is 19.6 Å². The lowest BCUT2D eigenvalue weighted by atomic mass is 9.97. The molecule has 1 saturated heterocycles. The van der Waals surface area contributed by atoms with Gasteiger partial charge in [-0.1, -0.05) is 67.4 Å². The van der Waals surface area contributed by atoms with Crippen molar-refractivity contribution in [3.8, 4) is 0 Å². The van der Waals surface area contributed by atoms with Gasteiger partial charge in [0.25, 0.3) is 0 Å². The van der Waals surface area contributed by atoms with Crippen LogP contribution in [0.15, 0.2) is 54.6 Å². The van der Waals surface area contributed by atoms with E-state index in [1.165, 1.54) is 69.3 Å². The van der Waals surface area contributed by atoms with Crippen LogP contribution in [0.2, 0.25) is 0 Å². The molecular weight excluding hydrogens is 342 g/mol. The summed E-state index contributed by atoms with van der Waals surface area (Å²) in [5.41, 5.74) is 3.83. The van der Waals surface area contributed by atoms with Gasteiger partial charge in [0.15, 0.2) is 5.78 Å². The Morgan fingerprint density at radius 3 is 2.00 bits per heavy atom. The van der Waals surface area contributed by atoms with Crippen LogP contribution < -0.4 is 0 Å². The molecule has 2 aromatic rings. The Balaban J connectivity index is 1.40. The van der Waals surface area contributed by atoms with Gasteiger partial charge in [0, 0.05) is 12.0 Å². The van der Waals surface area contributed by atoms with E-state index in [-0.39, 0.29) is 5.78 Å². The molecule has 0 N–H and O–H groups in total. The second-order valence-electron chi connectivity index (χ2n) is 8.12. The smallest absolute Gasteiger partial charge is 0.162 e. The summed E-state index contributed by atoms with van der Waals surface area (Å²) in [7, 11) is 0. The van der Waals surface area contributed by atoms with Crippen LogP contribution in [0.5, 0.6) is 0 Å². The lowest BCUT2D eigenvalue weighted by Gasteiger charge is -2.20. The van der Waals surface area contributed by atoms with E-state index in [0.717, 1.165) is 24.8 Å². The van der Waals surface area contributed by atoms with Crippen molar-refractivity contribution < 1.29 is 4.79 Å². The van der Waals surface area contributed by atoms with Crippen LogP contribution in [-0.4, -0.2) is 30.3 Å². The number of aryl methyl sites for hydroxylation is 2.